The molecule has 0 bridgehead atoms. The van der Waals surface area contributed by atoms with Crippen LogP contribution in [-0.4, -0.2) is 24.1 Å². The summed E-state index contributed by atoms with van der Waals surface area (Å²) in [5.74, 6) is 0.350. The molecule has 0 aromatic heterocycles. The molecule has 1 aliphatic rings. The topological polar surface area (TPSA) is 38.3 Å². The second-order valence-corrected chi connectivity index (χ2v) is 2.32. The van der Waals surface area contributed by atoms with Gasteiger partial charge in [-0.05, 0) is 6.08 Å². The van der Waals surface area contributed by atoms with E-state index in [1.54, 1.807) is 6.08 Å². The minimum Gasteiger partial charge on any atom is -0.440 e. The Kier molecular flexibility index (Phi) is 2.17. The Hall–Kier alpha value is -0.700. The molecule has 1 saturated heterocycles. The summed E-state index contributed by atoms with van der Waals surface area (Å²) in [6, 6.07) is -0.119. The molecule has 0 radical (unpaired) electrons. The summed E-state index contributed by atoms with van der Waals surface area (Å²) in [5, 5.41) is 2.54. The van der Waals surface area contributed by atoms with E-state index in [0.717, 1.165) is 0 Å². The van der Waals surface area contributed by atoms with Crippen molar-refractivity contribution in [2.75, 3.05) is 5.88 Å². The van der Waals surface area contributed by atoms with Crippen LogP contribution in [0.1, 0.15) is 0 Å². The highest BCUT2D eigenvalue weighted by atomic mass is 35.5. The lowest BCUT2D eigenvalue weighted by molar-refractivity contribution is 0.154. The van der Waals surface area contributed by atoms with Gasteiger partial charge in [0.05, 0.1) is 6.04 Å². The van der Waals surface area contributed by atoms with Gasteiger partial charge in [0.1, 0.15) is 6.10 Å². The van der Waals surface area contributed by atoms with Crippen molar-refractivity contribution >= 4 is 17.7 Å². The van der Waals surface area contributed by atoms with Crippen LogP contribution in [0.3, 0.4) is 0 Å². The van der Waals surface area contributed by atoms with Gasteiger partial charge in [0.25, 0.3) is 0 Å². The molecule has 3 nitrogen and oxygen atoms in total. The van der Waals surface area contributed by atoms with Crippen molar-refractivity contribution in [3.63, 3.8) is 0 Å². The zero-order valence-corrected chi connectivity index (χ0v) is 6.10. The van der Waals surface area contributed by atoms with Crippen LogP contribution in [0.2, 0.25) is 0 Å². The summed E-state index contributed by atoms with van der Waals surface area (Å²) in [6.45, 7) is 3.50. The first-order valence-electron chi connectivity index (χ1n) is 2.93. The summed E-state index contributed by atoms with van der Waals surface area (Å²) >= 11 is 5.50. The van der Waals surface area contributed by atoms with Crippen LogP contribution in [-0.2, 0) is 4.74 Å². The largest absolute Gasteiger partial charge is 0.440 e. The zero-order valence-electron chi connectivity index (χ0n) is 5.34. The smallest absolute Gasteiger partial charge is 0.408 e. The number of carbonyl (C=O) groups is 1. The third-order valence-corrected chi connectivity index (χ3v) is 1.67. The van der Waals surface area contributed by atoms with Crippen molar-refractivity contribution in [1.82, 2.24) is 5.32 Å². The molecule has 1 aliphatic heterocycles. The van der Waals surface area contributed by atoms with Gasteiger partial charge in [-0.15, -0.1) is 11.6 Å². The Bertz CT molecular complexity index is 160. The summed E-state index contributed by atoms with van der Waals surface area (Å²) in [7, 11) is 0. The van der Waals surface area contributed by atoms with Gasteiger partial charge < -0.3 is 10.1 Å². The second-order valence-electron chi connectivity index (χ2n) is 2.01. The molecule has 0 aliphatic carbocycles. The first-order chi connectivity index (χ1) is 4.77. The average molecular weight is 162 g/mol. The average Bonchev–Trinajstić information content (AvgIpc) is 2.30. The maximum absolute atomic E-state index is 10.5. The monoisotopic (exact) mass is 161 g/mol. The Morgan fingerprint density at radius 1 is 1.90 bits per heavy atom. The van der Waals surface area contributed by atoms with Crippen LogP contribution in [0.5, 0.6) is 0 Å². The number of carbonyl (C=O) groups excluding carboxylic acids is 1. The standard InChI is InChI=1S/C6H8ClNO2/c1-2-5-4(3-7)8-6(9)10-5/h2,4-5H,1,3H2,(H,8,9)/t4-,5+/m1/s1. The van der Waals surface area contributed by atoms with Crippen LogP contribution in [0.25, 0.3) is 0 Å². The number of ether oxygens (including phenoxy) is 1. The molecule has 1 amide bonds. The van der Waals surface area contributed by atoms with E-state index in [1.165, 1.54) is 0 Å². The minimum atomic E-state index is -0.421. The van der Waals surface area contributed by atoms with Gasteiger partial charge in [0.2, 0.25) is 0 Å². The number of hydrogen-bond donors (Lipinski definition) is 1. The quantitative estimate of drug-likeness (QED) is 0.483. The van der Waals surface area contributed by atoms with Gasteiger partial charge >= 0.3 is 6.09 Å². The Balaban J connectivity index is 2.56. The maximum Gasteiger partial charge on any atom is 0.408 e. The summed E-state index contributed by atoms with van der Waals surface area (Å²) < 4.78 is 4.76. The molecular formula is C6H8ClNO2. The van der Waals surface area contributed by atoms with Gasteiger partial charge in [-0.1, -0.05) is 6.58 Å². The molecule has 4 heteroatoms. The van der Waals surface area contributed by atoms with Crippen molar-refractivity contribution in [3.05, 3.63) is 12.7 Å². The fraction of sp³-hybridized carbons (Fsp3) is 0.500. The van der Waals surface area contributed by atoms with Crippen LogP contribution in [0.4, 0.5) is 4.79 Å². The van der Waals surface area contributed by atoms with E-state index in [1.807, 2.05) is 0 Å². The molecule has 1 heterocycles. The highest BCUT2D eigenvalue weighted by Gasteiger charge is 2.30. The van der Waals surface area contributed by atoms with E-state index in [0.29, 0.717) is 5.88 Å². The van der Waals surface area contributed by atoms with Crippen LogP contribution >= 0.6 is 11.6 Å². The van der Waals surface area contributed by atoms with E-state index in [4.69, 9.17) is 16.3 Å². The van der Waals surface area contributed by atoms with Crippen LogP contribution in [0.15, 0.2) is 12.7 Å². The van der Waals surface area contributed by atoms with Gasteiger partial charge in [0.15, 0.2) is 0 Å². The predicted octanol–water partition coefficient (Wildman–Crippen LogP) is 0.888. The van der Waals surface area contributed by atoms with Crippen LogP contribution in [0, 0.1) is 0 Å². The number of cyclic esters (lactones) is 1. The van der Waals surface area contributed by atoms with Gasteiger partial charge in [-0.2, -0.15) is 0 Å². The molecule has 0 saturated carbocycles. The van der Waals surface area contributed by atoms with E-state index < -0.39 is 6.09 Å². The Morgan fingerprint density at radius 2 is 2.60 bits per heavy atom. The predicted molar refractivity (Wildman–Crippen MR) is 38.1 cm³/mol. The third-order valence-electron chi connectivity index (χ3n) is 1.34. The SMILES string of the molecule is C=C[C@@H]1OC(=O)N[C@@H]1CCl. The minimum absolute atomic E-state index is 0.119. The van der Waals surface area contributed by atoms with E-state index in [9.17, 15) is 4.79 Å². The number of amides is 1. The lowest BCUT2D eigenvalue weighted by Gasteiger charge is -2.07. The number of nitrogens with one attached hydrogen (secondary N) is 1. The molecule has 0 aromatic rings. The van der Waals surface area contributed by atoms with Crippen LogP contribution < -0.4 is 5.32 Å². The molecule has 1 rings (SSSR count). The molecule has 0 aromatic carbocycles. The third kappa shape index (κ3) is 1.24. The van der Waals surface area contributed by atoms with Gasteiger partial charge in [0, 0.05) is 5.88 Å². The Labute approximate surface area is 64.0 Å². The first-order valence-corrected chi connectivity index (χ1v) is 3.47. The highest BCUT2D eigenvalue weighted by molar-refractivity contribution is 6.18. The molecule has 10 heavy (non-hydrogen) atoms. The van der Waals surface area contributed by atoms with Crippen molar-refractivity contribution in [3.8, 4) is 0 Å². The molecule has 1 N–H and O–H groups in total. The van der Waals surface area contributed by atoms with Crippen molar-refractivity contribution in [1.29, 1.82) is 0 Å². The molecule has 56 valence electrons. The van der Waals surface area contributed by atoms with E-state index >= 15 is 0 Å². The Morgan fingerprint density at radius 3 is 3.00 bits per heavy atom. The summed E-state index contributed by atoms with van der Waals surface area (Å²) in [4.78, 5) is 10.5. The van der Waals surface area contributed by atoms with E-state index in [2.05, 4.69) is 11.9 Å². The molecule has 0 unspecified atom stereocenters. The van der Waals surface area contributed by atoms with Gasteiger partial charge in [-0.25, -0.2) is 4.79 Å². The molecule has 2 atom stereocenters. The summed E-state index contributed by atoms with van der Waals surface area (Å²) in [6.07, 6.45) is 0.867. The maximum atomic E-state index is 10.5. The lowest BCUT2D eigenvalue weighted by atomic mass is 10.2. The van der Waals surface area contributed by atoms with E-state index in [-0.39, 0.29) is 12.1 Å². The lowest BCUT2D eigenvalue weighted by Crippen LogP contribution is -2.31. The zero-order chi connectivity index (χ0) is 7.56. The highest BCUT2D eigenvalue weighted by Crippen LogP contribution is 2.10. The summed E-state index contributed by atoms with van der Waals surface area (Å²) in [5.41, 5.74) is 0. The van der Waals surface area contributed by atoms with Crippen molar-refractivity contribution in [2.24, 2.45) is 0 Å². The molecular weight excluding hydrogens is 154 g/mol. The number of alkyl carbamates (subject to hydrolysis) is 1. The normalized spacial score (nSPS) is 31.1. The number of alkyl halides is 1. The molecule has 0 spiro atoms. The second kappa shape index (κ2) is 2.92. The van der Waals surface area contributed by atoms with Crippen molar-refractivity contribution < 1.29 is 9.53 Å². The number of rotatable bonds is 2. The van der Waals surface area contributed by atoms with Gasteiger partial charge in [-0.3, -0.25) is 0 Å². The first kappa shape index (κ1) is 7.41. The molecule has 1 fully saturated rings. The fourth-order valence-electron chi connectivity index (χ4n) is 0.812. The fourth-order valence-corrected chi connectivity index (χ4v) is 1.06. The van der Waals surface area contributed by atoms with Crippen molar-refractivity contribution in [2.45, 2.75) is 12.1 Å². The number of hydrogen-bond acceptors (Lipinski definition) is 2. The number of halogens is 1.